The van der Waals surface area contributed by atoms with Gasteiger partial charge in [0.25, 0.3) is 0 Å². The second-order valence-electron chi connectivity index (χ2n) is 4.56. The molecule has 1 aromatic heterocycles. The van der Waals surface area contributed by atoms with Crippen LogP contribution in [0, 0.1) is 17.2 Å². The summed E-state index contributed by atoms with van der Waals surface area (Å²) in [5.74, 6) is 1.69. The standard InChI is InChI=1S/C12H15N3S/c13-12(14)11-2-1-10(16-11)7-3-8-5-15-6-9(8)4-7/h1-3,8-9,15H,4-6H2,(H3,13,14)/t8-,9+/m0/s1. The number of allylic oxidation sites excluding steroid dienone is 1. The summed E-state index contributed by atoms with van der Waals surface area (Å²) >= 11 is 1.64. The average Bonchev–Trinajstić information content (AvgIpc) is 2.91. The second-order valence-corrected chi connectivity index (χ2v) is 5.64. The molecule has 1 aliphatic heterocycles. The van der Waals surface area contributed by atoms with Crippen molar-refractivity contribution in [2.24, 2.45) is 17.6 Å². The van der Waals surface area contributed by atoms with Gasteiger partial charge in [-0.05, 0) is 42.5 Å². The van der Waals surface area contributed by atoms with Crippen LogP contribution in [0.25, 0.3) is 5.57 Å². The number of nitrogens with two attached hydrogens (primary N) is 1. The lowest BCUT2D eigenvalue weighted by Crippen LogP contribution is -2.09. The van der Waals surface area contributed by atoms with Crippen molar-refractivity contribution in [3.63, 3.8) is 0 Å². The number of rotatable bonds is 2. The largest absolute Gasteiger partial charge is 0.383 e. The van der Waals surface area contributed by atoms with E-state index >= 15 is 0 Å². The monoisotopic (exact) mass is 233 g/mol. The van der Waals surface area contributed by atoms with E-state index in [4.69, 9.17) is 11.1 Å². The van der Waals surface area contributed by atoms with Gasteiger partial charge in [0.15, 0.2) is 0 Å². The van der Waals surface area contributed by atoms with Crippen LogP contribution in [0.3, 0.4) is 0 Å². The summed E-state index contributed by atoms with van der Waals surface area (Å²) in [6.07, 6.45) is 3.58. The Morgan fingerprint density at radius 3 is 3.00 bits per heavy atom. The van der Waals surface area contributed by atoms with Crippen molar-refractivity contribution in [1.29, 1.82) is 5.41 Å². The number of thiophene rings is 1. The van der Waals surface area contributed by atoms with E-state index in [0.29, 0.717) is 0 Å². The number of amidine groups is 1. The molecule has 2 aliphatic rings. The van der Waals surface area contributed by atoms with Crippen molar-refractivity contribution in [1.82, 2.24) is 5.32 Å². The molecule has 0 spiro atoms. The van der Waals surface area contributed by atoms with Gasteiger partial charge in [-0.15, -0.1) is 11.3 Å². The Kier molecular flexibility index (Phi) is 2.33. The van der Waals surface area contributed by atoms with Crippen LogP contribution in [0.2, 0.25) is 0 Å². The number of hydrogen-bond donors (Lipinski definition) is 3. The molecule has 0 bridgehead atoms. The van der Waals surface area contributed by atoms with Gasteiger partial charge >= 0.3 is 0 Å². The minimum absolute atomic E-state index is 0.178. The van der Waals surface area contributed by atoms with Crippen molar-refractivity contribution < 1.29 is 0 Å². The minimum Gasteiger partial charge on any atom is -0.383 e. The minimum atomic E-state index is 0.178. The molecule has 16 heavy (non-hydrogen) atoms. The molecule has 2 heterocycles. The first-order valence-electron chi connectivity index (χ1n) is 5.60. The molecule has 1 fully saturated rings. The van der Waals surface area contributed by atoms with Crippen LogP contribution < -0.4 is 11.1 Å². The molecule has 2 atom stereocenters. The highest BCUT2D eigenvalue weighted by Gasteiger charge is 2.32. The quantitative estimate of drug-likeness (QED) is 0.537. The van der Waals surface area contributed by atoms with E-state index in [0.717, 1.165) is 29.8 Å². The van der Waals surface area contributed by atoms with Gasteiger partial charge in [-0.2, -0.15) is 0 Å². The zero-order chi connectivity index (χ0) is 11.1. The Morgan fingerprint density at radius 2 is 2.31 bits per heavy atom. The zero-order valence-corrected chi connectivity index (χ0v) is 9.81. The molecule has 0 radical (unpaired) electrons. The second kappa shape index (κ2) is 3.71. The summed E-state index contributed by atoms with van der Waals surface area (Å²) in [4.78, 5) is 2.17. The van der Waals surface area contributed by atoms with Gasteiger partial charge in [-0.25, -0.2) is 0 Å². The molecule has 4 N–H and O–H groups in total. The molecule has 1 saturated heterocycles. The highest BCUT2D eigenvalue weighted by atomic mass is 32.1. The van der Waals surface area contributed by atoms with Crippen LogP contribution in [-0.4, -0.2) is 18.9 Å². The van der Waals surface area contributed by atoms with Gasteiger partial charge in [0, 0.05) is 11.4 Å². The molecular weight excluding hydrogens is 218 g/mol. The number of nitrogens with one attached hydrogen (secondary N) is 2. The van der Waals surface area contributed by atoms with Gasteiger partial charge in [0.05, 0.1) is 4.88 Å². The zero-order valence-electron chi connectivity index (χ0n) is 8.99. The average molecular weight is 233 g/mol. The van der Waals surface area contributed by atoms with Crippen LogP contribution >= 0.6 is 11.3 Å². The Labute approximate surface area is 98.9 Å². The van der Waals surface area contributed by atoms with Gasteiger partial charge in [-0.3, -0.25) is 5.41 Å². The highest BCUT2D eigenvalue weighted by molar-refractivity contribution is 7.15. The first-order chi connectivity index (χ1) is 7.74. The first kappa shape index (κ1) is 10.1. The predicted molar refractivity (Wildman–Crippen MR) is 67.8 cm³/mol. The van der Waals surface area contributed by atoms with E-state index in [-0.39, 0.29) is 5.84 Å². The summed E-state index contributed by atoms with van der Waals surface area (Å²) in [5, 5.41) is 10.8. The molecule has 3 rings (SSSR count). The lowest BCUT2D eigenvalue weighted by molar-refractivity contribution is 0.536. The molecule has 1 aliphatic carbocycles. The van der Waals surface area contributed by atoms with E-state index in [1.54, 1.807) is 11.3 Å². The van der Waals surface area contributed by atoms with Crippen molar-refractivity contribution in [2.75, 3.05) is 13.1 Å². The van der Waals surface area contributed by atoms with E-state index in [2.05, 4.69) is 17.5 Å². The summed E-state index contributed by atoms with van der Waals surface area (Å²) in [6, 6.07) is 4.05. The molecular formula is C12H15N3S. The molecule has 1 aromatic rings. The van der Waals surface area contributed by atoms with Crippen LogP contribution in [-0.2, 0) is 0 Å². The summed E-state index contributed by atoms with van der Waals surface area (Å²) in [6.45, 7) is 2.27. The topological polar surface area (TPSA) is 61.9 Å². The van der Waals surface area contributed by atoms with Crippen molar-refractivity contribution in [3.8, 4) is 0 Å². The van der Waals surface area contributed by atoms with Crippen LogP contribution in [0.4, 0.5) is 0 Å². The maximum Gasteiger partial charge on any atom is 0.133 e. The molecule has 0 aromatic carbocycles. The SMILES string of the molecule is N=C(N)c1ccc(C2=C[C@H]3CNC[C@H]3C2)s1. The Balaban J connectivity index is 1.85. The van der Waals surface area contributed by atoms with E-state index < -0.39 is 0 Å². The molecule has 0 amide bonds. The van der Waals surface area contributed by atoms with Gasteiger partial charge in [0.2, 0.25) is 0 Å². The maximum atomic E-state index is 7.40. The number of hydrogen-bond acceptors (Lipinski definition) is 3. The van der Waals surface area contributed by atoms with Crippen molar-refractivity contribution in [3.05, 3.63) is 28.0 Å². The maximum absolute atomic E-state index is 7.40. The molecule has 84 valence electrons. The van der Waals surface area contributed by atoms with Crippen LogP contribution in [0.15, 0.2) is 18.2 Å². The Morgan fingerprint density at radius 1 is 1.44 bits per heavy atom. The predicted octanol–water partition coefficient (Wildman–Crippen LogP) is 1.65. The van der Waals surface area contributed by atoms with Gasteiger partial charge < -0.3 is 11.1 Å². The van der Waals surface area contributed by atoms with E-state index in [1.165, 1.54) is 16.9 Å². The fourth-order valence-electron chi connectivity index (χ4n) is 2.62. The molecule has 0 saturated carbocycles. The third kappa shape index (κ3) is 1.58. The lowest BCUT2D eigenvalue weighted by Gasteiger charge is -2.04. The smallest absolute Gasteiger partial charge is 0.133 e. The third-order valence-electron chi connectivity index (χ3n) is 3.48. The van der Waals surface area contributed by atoms with Crippen molar-refractivity contribution >= 4 is 22.7 Å². The first-order valence-corrected chi connectivity index (χ1v) is 6.41. The molecule has 4 heteroatoms. The third-order valence-corrected chi connectivity index (χ3v) is 4.67. The number of fused-ring (bicyclic) bond motifs is 1. The summed E-state index contributed by atoms with van der Waals surface area (Å²) < 4.78 is 0. The summed E-state index contributed by atoms with van der Waals surface area (Å²) in [7, 11) is 0. The fraction of sp³-hybridized carbons (Fsp3) is 0.417. The normalized spacial score (nSPS) is 27.9. The van der Waals surface area contributed by atoms with E-state index in [9.17, 15) is 0 Å². The highest BCUT2D eigenvalue weighted by Crippen LogP contribution is 2.40. The molecule has 3 nitrogen and oxygen atoms in total. The van der Waals surface area contributed by atoms with Gasteiger partial charge in [-0.1, -0.05) is 6.08 Å². The lowest BCUT2D eigenvalue weighted by atomic mass is 10.00. The van der Waals surface area contributed by atoms with Crippen molar-refractivity contribution in [2.45, 2.75) is 6.42 Å². The Hall–Kier alpha value is -1.13. The van der Waals surface area contributed by atoms with Gasteiger partial charge in [0.1, 0.15) is 5.84 Å². The van der Waals surface area contributed by atoms with Crippen LogP contribution in [0.1, 0.15) is 16.2 Å². The van der Waals surface area contributed by atoms with Crippen LogP contribution in [0.5, 0.6) is 0 Å². The fourth-order valence-corrected chi connectivity index (χ4v) is 3.52. The number of nitrogen functional groups attached to an aromatic ring is 1. The molecule has 0 unspecified atom stereocenters. The Bertz CT molecular complexity index is 461. The van der Waals surface area contributed by atoms with E-state index in [1.807, 2.05) is 6.07 Å². The summed E-state index contributed by atoms with van der Waals surface area (Å²) in [5.41, 5.74) is 6.93.